The predicted octanol–water partition coefficient (Wildman–Crippen LogP) is 31.8. The molecule has 0 unspecified atom stereocenters. The molecule has 12 heteroatoms. The van der Waals surface area contributed by atoms with Crippen LogP contribution in [0.4, 0.5) is 0 Å². The third-order valence-corrected chi connectivity index (χ3v) is 27.3. The monoisotopic (exact) mass is 1760 g/mol. The van der Waals surface area contributed by atoms with Gasteiger partial charge in [-0.25, -0.2) is 29.9 Å². The summed E-state index contributed by atoms with van der Waals surface area (Å²) in [5.74, 6) is 4.68. The van der Waals surface area contributed by atoms with Gasteiger partial charge in [-0.1, -0.05) is 376 Å². The Labute approximate surface area is 790 Å². The lowest BCUT2D eigenvalue weighted by molar-refractivity contribution is 0.954. The summed E-state index contributed by atoms with van der Waals surface area (Å²) in [4.78, 5) is 40.5. The molecule has 0 atom stereocenters. The van der Waals surface area contributed by atoms with Crippen LogP contribution < -0.4 is 0 Å². The minimum absolute atomic E-state index is 0.605. The first kappa shape index (κ1) is 79.0. The van der Waals surface area contributed by atoms with Gasteiger partial charge in [0.15, 0.2) is 34.9 Å². The van der Waals surface area contributed by atoms with Crippen LogP contribution in [0.15, 0.2) is 473 Å². The van der Waals surface area contributed by atoms with Crippen LogP contribution in [0.25, 0.3) is 265 Å². The summed E-state index contributed by atoms with van der Waals surface area (Å²) in [5, 5.41) is 27.1. The largest absolute Gasteiger partial charge is 0.309 e. The minimum atomic E-state index is 0.605. The summed E-state index contributed by atoms with van der Waals surface area (Å²) >= 11 is 0. The van der Waals surface area contributed by atoms with Gasteiger partial charge in [0.1, 0.15) is 5.69 Å². The smallest absolute Gasteiger partial charge is 0.238 e. The Morgan fingerprint density at radius 3 is 0.819 bits per heavy atom. The summed E-state index contributed by atoms with van der Waals surface area (Å²) < 4.78 is 9.39. The zero-order valence-electron chi connectivity index (χ0n) is 74.4. The molecule has 138 heavy (non-hydrogen) atoms. The summed E-state index contributed by atoms with van der Waals surface area (Å²) in [6, 6.07) is 167. The van der Waals surface area contributed by atoms with Gasteiger partial charge in [-0.2, -0.15) is 9.97 Å². The van der Waals surface area contributed by atoms with E-state index in [0.29, 0.717) is 35.1 Å². The molecule has 0 spiro atoms. The van der Waals surface area contributed by atoms with E-state index >= 15 is 0 Å². The number of hydrogen-bond donors (Lipinski definition) is 0. The molecule has 0 saturated heterocycles. The maximum Gasteiger partial charge on any atom is 0.238 e. The Balaban J connectivity index is 0.000000106. The van der Waals surface area contributed by atoms with Crippen LogP contribution in [-0.2, 0) is 0 Å². The molecule has 7 heterocycles. The number of benzene rings is 22. The third-order valence-electron chi connectivity index (χ3n) is 27.3. The van der Waals surface area contributed by atoms with E-state index in [0.717, 1.165) is 94.9 Å². The van der Waals surface area contributed by atoms with E-state index in [1.54, 1.807) is 0 Å². The standard InChI is InChI=1S/C50H30N4.C41H26N4.C35H22N4/c1-2-15-34(16-3-1)49-50(52-42-21-11-10-20-41(42)51-49)54-44-27-24-33-14-7-9-19-38(33)48(44)40-29-39-45(30-46(40)54)53(36-25-22-31-12-4-5-17-35(31)28-36)43-26-23-32-13-6-8-18-37(32)47(39)43;1-3-13-29(14-4-1)39-42-40(30-15-5-2-6-16-30)44-41(43-39)31-19-23-32(24-20-31)45-35-25-21-27-11-7-9-17-33(27)37(35)38-34-18-10-8-12-28(34)22-26-36(38)45;1-3-13-25(14-4-1)33-36-34(26-15-5-2-6-16-26)38-35(37-33)39-29-21-19-23-11-7-9-17-27(23)31(29)32-28-18-10-8-12-24(28)20-22-30(32)39/h1-30H;1-26H;1-22H. The maximum absolute atomic E-state index is 5.45. The zero-order chi connectivity index (χ0) is 90.8. The molecule has 0 bridgehead atoms. The highest BCUT2D eigenvalue weighted by atomic mass is 15.2. The molecule has 0 radical (unpaired) electrons. The fourth-order valence-corrected chi connectivity index (χ4v) is 21.0. The summed E-state index contributed by atoms with van der Waals surface area (Å²) in [7, 11) is 0. The van der Waals surface area contributed by atoms with E-state index < -0.39 is 0 Å². The Morgan fingerprint density at radius 1 is 0.145 bits per heavy atom. The van der Waals surface area contributed by atoms with Crippen LogP contribution in [-0.4, -0.2) is 58.1 Å². The van der Waals surface area contributed by atoms with E-state index in [-0.39, 0.29) is 0 Å². The zero-order valence-corrected chi connectivity index (χ0v) is 74.4. The van der Waals surface area contributed by atoms with Crippen molar-refractivity contribution in [1.29, 1.82) is 0 Å². The molecular weight excluding hydrogens is 1680 g/mol. The molecule has 0 aliphatic rings. The quantitative estimate of drug-likeness (QED) is 0.133. The third kappa shape index (κ3) is 13.2. The van der Waals surface area contributed by atoms with Gasteiger partial charge in [-0.3, -0.25) is 9.13 Å². The molecule has 0 aliphatic heterocycles. The van der Waals surface area contributed by atoms with Crippen LogP contribution in [0.1, 0.15) is 0 Å². The molecule has 12 nitrogen and oxygen atoms in total. The van der Waals surface area contributed by atoms with Crippen molar-refractivity contribution in [2.75, 3.05) is 0 Å². The molecule has 0 saturated carbocycles. The lowest BCUT2D eigenvalue weighted by Crippen LogP contribution is -2.06. The highest BCUT2D eigenvalue weighted by molar-refractivity contribution is 6.32. The van der Waals surface area contributed by atoms with E-state index in [1.807, 2.05) is 140 Å². The molecular formula is C126H78N12. The Morgan fingerprint density at radius 2 is 0.420 bits per heavy atom. The first-order valence-electron chi connectivity index (χ1n) is 46.6. The number of nitrogens with zero attached hydrogens (tertiary/aromatic N) is 12. The van der Waals surface area contributed by atoms with Gasteiger partial charge in [0.25, 0.3) is 0 Å². The summed E-state index contributed by atoms with van der Waals surface area (Å²) in [6.07, 6.45) is 0. The van der Waals surface area contributed by atoms with Crippen LogP contribution in [0.5, 0.6) is 0 Å². The van der Waals surface area contributed by atoms with Crippen molar-refractivity contribution in [3.8, 4) is 91.3 Å². The average molecular weight is 1760 g/mol. The molecule has 29 rings (SSSR count). The van der Waals surface area contributed by atoms with Crippen molar-refractivity contribution in [2.45, 2.75) is 0 Å². The van der Waals surface area contributed by atoms with Crippen molar-refractivity contribution >= 4 is 174 Å². The van der Waals surface area contributed by atoms with Gasteiger partial charge in [-0.05, 0) is 172 Å². The van der Waals surface area contributed by atoms with E-state index in [2.05, 4.69) is 352 Å². The molecule has 7 aromatic heterocycles. The predicted molar refractivity (Wildman–Crippen MR) is 572 cm³/mol. The van der Waals surface area contributed by atoms with Crippen LogP contribution in [0, 0.1) is 0 Å². The van der Waals surface area contributed by atoms with Crippen molar-refractivity contribution in [1.82, 2.24) is 58.1 Å². The summed E-state index contributed by atoms with van der Waals surface area (Å²) in [6.45, 7) is 0. The molecule has 29 aromatic rings. The Hall–Kier alpha value is -18.8. The number of para-hydroxylation sites is 2. The highest BCUT2D eigenvalue weighted by Crippen LogP contribution is 2.48. The maximum atomic E-state index is 5.45. The highest BCUT2D eigenvalue weighted by Gasteiger charge is 2.28. The lowest BCUT2D eigenvalue weighted by Gasteiger charge is -2.14. The number of rotatable bonds is 10. The topological polar surface area (TPSA) is 123 Å². The number of fused-ring (bicyclic) bond motifs is 26. The first-order chi connectivity index (χ1) is 68.4. The van der Waals surface area contributed by atoms with Crippen molar-refractivity contribution in [3.63, 3.8) is 0 Å². The van der Waals surface area contributed by atoms with Gasteiger partial charge in [0, 0.05) is 87.8 Å². The SMILES string of the molecule is c1ccc(-c2nc(-c3ccccc3)nc(-c3ccc(-n4c5ccc6ccccc6c5c5c6ccccc6ccc54)cc3)n2)cc1.c1ccc(-c2nc(-c3ccccc3)nc(-n3c4ccc5ccccc5c4c4c5ccccc5ccc43)n2)cc1.c1ccc(-c2nc3ccccc3nc2-n2c3cc4c(cc3c3c5ccccc5ccc32)c2c3ccccc3ccc2n4-c2ccc3ccccc3c2)cc1. The van der Waals surface area contributed by atoms with E-state index in [9.17, 15) is 0 Å². The fourth-order valence-electron chi connectivity index (χ4n) is 21.0. The second kappa shape index (κ2) is 32.6. The van der Waals surface area contributed by atoms with Gasteiger partial charge in [0.05, 0.1) is 55.2 Å². The second-order valence-corrected chi connectivity index (χ2v) is 35.2. The molecule has 0 aliphatic carbocycles. The molecule has 0 N–H and O–H groups in total. The Bertz CT molecular complexity index is 9670. The van der Waals surface area contributed by atoms with Gasteiger partial charge >= 0.3 is 0 Å². The molecule has 22 aromatic carbocycles. The minimum Gasteiger partial charge on any atom is -0.309 e. The fraction of sp³-hybridized carbons (Fsp3) is 0. The normalized spacial score (nSPS) is 11.8. The first-order valence-corrected chi connectivity index (χ1v) is 46.6. The van der Waals surface area contributed by atoms with E-state index in [4.69, 9.17) is 39.9 Å². The summed E-state index contributed by atoms with van der Waals surface area (Å²) in [5.41, 5.74) is 19.6. The van der Waals surface area contributed by atoms with Gasteiger partial charge < -0.3 is 9.13 Å². The average Bonchev–Trinajstić information content (AvgIpc) is 1.54. The van der Waals surface area contributed by atoms with Crippen LogP contribution in [0.3, 0.4) is 0 Å². The van der Waals surface area contributed by atoms with Crippen molar-refractivity contribution in [2.24, 2.45) is 0 Å². The van der Waals surface area contributed by atoms with Gasteiger partial charge in [0.2, 0.25) is 5.95 Å². The van der Waals surface area contributed by atoms with Crippen molar-refractivity contribution in [3.05, 3.63) is 473 Å². The molecule has 0 amide bonds. The molecule has 642 valence electrons. The second-order valence-electron chi connectivity index (χ2n) is 35.2. The van der Waals surface area contributed by atoms with Crippen LogP contribution >= 0.6 is 0 Å². The van der Waals surface area contributed by atoms with Crippen LogP contribution in [0.2, 0.25) is 0 Å². The number of hydrogen-bond acceptors (Lipinski definition) is 8. The van der Waals surface area contributed by atoms with E-state index in [1.165, 1.54) is 135 Å². The van der Waals surface area contributed by atoms with Gasteiger partial charge in [-0.15, -0.1) is 0 Å². The number of aromatic nitrogens is 12. The lowest BCUT2D eigenvalue weighted by atomic mass is 10.00. The van der Waals surface area contributed by atoms with Crippen molar-refractivity contribution < 1.29 is 0 Å². The Kier molecular flexibility index (Phi) is 18.7. The molecule has 0 fully saturated rings.